The zero-order chi connectivity index (χ0) is 14.3. The number of carbonyl (C=O) groups excluding carboxylic acids is 1. The van der Waals surface area contributed by atoms with Crippen molar-refractivity contribution in [2.75, 3.05) is 13.1 Å². The third-order valence-corrected chi connectivity index (χ3v) is 3.86. The predicted molar refractivity (Wildman–Crippen MR) is 73.9 cm³/mol. The number of urea groups is 1. The molecular formula is C14H24N2O3. The molecule has 1 rings (SSSR count). The van der Waals surface area contributed by atoms with Gasteiger partial charge in [0.1, 0.15) is 0 Å². The highest BCUT2D eigenvalue weighted by atomic mass is 16.4. The average Bonchev–Trinajstić information content (AvgIpc) is 2.43. The molecule has 2 amide bonds. The number of nitrogens with one attached hydrogen (secondary N) is 2. The van der Waals surface area contributed by atoms with Gasteiger partial charge in [-0.3, -0.25) is 4.79 Å². The molecular weight excluding hydrogens is 244 g/mol. The summed E-state index contributed by atoms with van der Waals surface area (Å²) < 4.78 is 0. The Bertz CT molecular complexity index is 355. The molecule has 1 aliphatic rings. The van der Waals surface area contributed by atoms with Gasteiger partial charge < -0.3 is 15.7 Å². The van der Waals surface area contributed by atoms with Crippen LogP contribution in [0.4, 0.5) is 4.79 Å². The van der Waals surface area contributed by atoms with Crippen LogP contribution in [0.15, 0.2) is 12.2 Å². The summed E-state index contributed by atoms with van der Waals surface area (Å²) in [6.07, 6.45) is 7.96. The highest BCUT2D eigenvalue weighted by Gasteiger charge is 2.31. The fourth-order valence-corrected chi connectivity index (χ4v) is 1.97. The van der Waals surface area contributed by atoms with Crippen molar-refractivity contribution < 1.29 is 14.7 Å². The van der Waals surface area contributed by atoms with Gasteiger partial charge in [-0.2, -0.15) is 0 Å². The largest absolute Gasteiger partial charge is 0.481 e. The van der Waals surface area contributed by atoms with Crippen LogP contribution >= 0.6 is 0 Å². The molecule has 2 atom stereocenters. The van der Waals surface area contributed by atoms with Crippen molar-refractivity contribution in [3.05, 3.63) is 12.2 Å². The monoisotopic (exact) mass is 268 g/mol. The molecule has 0 aromatic heterocycles. The normalized spacial score (nSPS) is 21.5. The van der Waals surface area contributed by atoms with Gasteiger partial charge in [-0.25, -0.2) is 4.79 Å². The van der Waals surface area contributed by atoms with E-state index in [1.165, 1.54) is 0 Å². The number of aliphatic carboxylic acids is 1. The molecule has 108 valence electrons. The lowest BCUT2D eigenvalue weighted by molar-refractivity contribution is -0.147. The Morgan fingerprint density at radius 3 is 2.63 bits per heavy atom. The van der Waals surface area contributed by atoms with Crippen LogP contribution in [-0.2, 0) is 4.79 Å². The van der Waals surface area contributed by atoms with E-state index in [4.69, 9.17) is 5.11 Å². The maximum absolute atomic E-state index is 11.6. The Morgan fingerprint density at radius 2 is 2.11 bits per heavy atom. The number of hydrogen-bond donors (Lipinski definition) is 3. The molecule has 1 aliphatic carbocycles. The Hall–Kier alpha value is -1.52. The number of amides is 2. The van der Waals surface area contributed by atoms with Crippen LogP contribution < -0.4 is 10.6 Å². The first-order valence-corrected chi connectivity index (χ1v) is 6.88. The van der Waals surface area contributed by atoms with Crippen molar-refractivity contribution >= 4 is 12.0 Å². The van der Waals surface area contributed by atoms with Gasteiger partial charge >= 0.3 is 12.0 Å². The average molecular weight is 268 g/mol. The van der Waals surface area contributed by atoms with Crippen LogP contribution in [0.3, 0.4) is 0 Å². The van der Waals surface area contributed by atoms with Crippen molar-refractivity contribution in [3.8, 4) is 0 Å². The van der Waals surface area contributed by atoms with Crippen LogP contribution in [0, 0.1) is 11.3 Å². The maximum Gasteiger partial charge on any atom is 0.314 e. The van der Waals surface area contributed by atoms with Crippen LogP contribution in [0.2, 0.25) is 0 Å². The third-order valence-electron chi connectivity index (χ3n) is 3.86. The summed E-state index contributed by atoms with van der Waals surface area (Å²) in [5, 5.41) is 14.6. The first-order chi connectivity index (χ1) is 8.98. The van der Waals surface area contributed by atoms with E-state index in [2.05, 4.69) is 22.8 Å². The number of rotatable bonds is 6. The van der Waals surface area contributed by atoms with E-state index in [0.29, 0.717) is 18.9 Å². The van der Waals surface area contributed by atoms with Crippen molar-refractivity contribution in [2.24, 2.45) is 11.3 Å². The summed E-state index contributed by atoms with van der Waals surface area (Å²) in [6.45, 7) is 4.24. The topological polar surface area (TPSA) is 78.4 Å². The summed E-state index contributed by atoms with van der Waals surface area (Å²) in [5.74, 6) is -0.388. The standard InChI is InChI=1S/C14H24N2O3/c1-3-14(2,12(17)18)10-16-13(19)15-9-11-7-5-4-6-8-11/h4-5,11H,3,6-10H2,1-2H3,(H,17,18)(H2,15,16,19). The van der Waals surface area contributed by atoms with E-state index in [0.717, 1.165) is 19.3 Å². The first kappa shape index (κ1) is 15.5. The minimum atomic E-state index is -0.898. The fourth-order valence-electron chi connectivity index (χ4n) is 1.97. The molecule has 3 N–H and O–H groups in total. The van der Waals surface area contributed by atoms with Crippen molar-refractivity contribution in [3.63, 3.8) is 0 Å². The maximum atomic E-state index is 11.6. The Morgan fingerprint density at radius 1 is 1.37 bits per heavy atom. The summed E-state index contributed by atoms with van der Waals surface area (Å²) in [6, 6.07) is -0.282. The first-order valence-electron chi connectivity index (χ1n) is 6.88. The van der Waals surface area contributed by atoms with Gasteiger partial charge in [-0.15, -0.1) is 0 Å². The minimum Gasteiger partial charge on any atom is -0.481 e. The lowest BCUT2D eigenvalue weighted by Crippen LogP contribution is -2.45. The van der Waals surface area contributed by atoms with E-state index in [1.54, 1.807) is 6.92 Å². The summed E-state index contributed by atoms with van der Waals surface area (Å²) in [7, 11) is 0. The molecule has 2 unspecified atom stereocenters. The molecule has 5 heteroatoms. The zero-order valence-corrected chi connectivity index (χ0v) is 11.7. The molecule has 0 fully saturated rings. The second-order valence-corrected chi connectivity index (χ2v) is 5.43. The second kappa shape index (κ2) is 7.16. The number of carbonyl (C=O) groups is 2. The van der Waals surface area contributed by atoms with Gasteiger partial charge in [0.2, 0.25) is 0 Å². The highest BCUT2D eigenvalue weighted by molar-refractivity contribution is 5.77. The smallest absolute Gasteiger partial charge is 0.314 e. The molecule has 0 radical (unpaired) electrons. The van der Waals surface area contributed by atoms with E-state index in [-0.39, 0.29) is 12.6 Å². The van der Waals surface area contributed by atoms with Crippen LogP contribution in [0.5, 0.6) is 0 Å². The predicted octanol–water partition coefficient (Wildman–Crippen LogP) is 2.14. The Labute approximate surface area is 114 Å². The van der Waals surface area contributed by atoms with Gasteiger partial charge in [0.25, 0.3) is 0 Å². The van der Waals surface area contributed by atoms with E-state index in [1.807, 2.05) is 6.92 Å². The van der Waals surface area contributed by atoms with Gasteiger partial charge in [-0.05, 0) is 38.5 Å². The number of carboxylic acids is 1. The molecule has 0 spiro atoms. The molecule has 0 bridgehead atoms. The number of allylic oxidation sites excluding steroid dienone is 2. The minimum absolute atomic E-state index is 0.148. The van der Waals surface area contributed by atoms with Gasteiger partial charge in [-0.1, -0.05) is 19.1 Å². The molecule has 0 aromatic carbocycles. The van der Waals surface area contributed by atoms with Gasteiger partial charge in [0.05, 0.1) is 5.41 Å². The second-order valence-electron chi connectivity index (χ2n) is 5.43. The quantitative estimate of drug-likeness (QED) is 0.646. The van der Waals surface area contributed by atoms with Crippen LogP contribution in [0.1, 0.15) is 39.5 Å². The van der Waals surface area contributed by atoms with Gasteiger partial charge in [0, 0.05) is 13.1 Å². The van der Waals surface area contributed by atoms with Crippen LogP contribution in [0.25, 0.3) is 0 Å². The Balaban J connectivity index is 2.27. The summed E-state index contributed by atoms with van der Waals surface area (Å²) >= 11 is 0. The SMILES string of the molecule is CCC(C)(CNC(=O)NCC1CC=CCC1)C(=O)O. The fraction of sp³-hybridized carbons (Fsp3) is 0.714. The zero-order valence-electron chi connectivity index (χ0n) is 11.7. The highest BCUT2D eigenvalue weighted by Crippen LogP contribution is 2.20. The lowest BCUT2D eigenvalue weighted by atomic mass is 9.88. The number of carboxylic acid groups (broad SMARTS) is 1. The van der Waals surface area contributed by atoms with Crippen LogP contribution in [-0.4, -0.2) is 30.2 Å². The summed E-state index contributed by atoms with van der Waals surface area (Å²) in [4.78, 5) is 22.7. The van der Waals surface area contributed by atoms with Crippen molar-refractivity contribution in [1.29, 1.82) is 0 Å². The third kappa shape index (κ3) is 4.93. The number of hydrogen-bond acceptors (Lipinski definition) is 2. The molecule has 0 aromatic rings. The molecule has 0 aliphatic heterocycles. The molecule has 5 nitrogen and oxygen atoms in total. The van der Waals surface area contributed by atoms with E-state index >= 15 is 0 Å². The van der Waals surface area contributed by atoms with Crippen molar-refractivity contribution in [2.45, 2.75) is 39.5 Å². The molecule has 0 saturated carbocycles. The van der Waals surface area contributed by atoms with E-state index < -0.39 is 11.4 Å². The van der Waals surface area contributed by atoms with Crippen molar-refractivity contribution in [1.82, 2.24) is 10.6 Å². The lowest BCUT2D eigenvalue weighted by Gasteiger charge is -2.24. The Kier molecular flexibility index (Phi) is 5.86. The summed E-state index contributed by atoms with van der Waals surface area (Å²) in [5.41, 5.74) is -0.898. The molecule has 0 saturated heterocycles. The van der Waals surface area contributed by atoms with E-state index in [9.17, 15) is 9.59 Å². The molecule has 19 heavy (non-hydrogen) atoms. The molecule has 0 heterocycles. The van der Waals surface area contributed by atoms with Gasteiger partial charge in [0.15, 0.2) is 0 Å².